The van der Waals surface area contributed by atoms with Crippen molar-refractivity contribution in [2.45, 2.75) is 77.0 Å². The van der Waals surface area contributed by atoms with Gasteiger partial charge in [0.1, 0.15) is 17.5 Å². The molecule has 0 N–H and O–H groups in total. The van der Waals surface area contributed by atoms with Crippen molar-refractivity contribution in [2.75, 3.05) is 32.7 Å². The first kappa shape index (κ1) is 24.0. The highest BCUT2D eigenvalue weighted by Gasteiger charge is 2.43. The standard InChI is InChI=1S/C26H38FN3O3/c1-26(2,3)33-25(32)30-18-20(15-19-7-4-8-21(27)16-19)17-23(30)24(31)29-12-6-11-28(13-14-29)22-9-5-10-22/h4,7-8,16,20,22-23H,5-6,9-15,17-18H2,1-3H3. The predicted molar refractivity (Wildman–Crippen MR) is 125 cm³/mol. The maximum absolute atomic E-state index is 13.7. The molecule has 1 aliphatic carbocycles. The summed E-state index contributed by atoms with van der Waals surface area (Å²) in [7, 11) is 0. The van der Waals surface area contributed by atoms with E-state index in [1.54, 1.807) is 11.0 Å². The molecule has 0 radical (unpaired) electrons. The molecule has 0 bridgehead atoms. The van der Waals surface area contributed by atoms with Gasteiger partial charge in [0.25, 0.3) is 0 Å². The highest BCUT2D eigenvalue weighted by molar-refractivity contribution is 5.86. The van der Waals surface area contributed by atoms with Gasteiger partial charge in [-0.05, 0) is 76.5 Å². The van der Waals surface area contributed by atoms with Crippen molar-refractivity contribution in [3.63, 3.8) is 0 Å². The minimum Gasteiger partial charge on any atom is -0.444 e. The van der Waals surface area contributed by atoms with Gasteiger partial charge in [-0.25, -0.2) is 9.18 Å². The van der Waals surface area contributed by atoms with E-state index in [4.69, 9.17) is 4.74 Å². The number of hydrogen-bond acceptors (Lipinski definition) is 4. The highest BCUT2D eigenvalue weighted by Crippen LogP contribution is 2.31. The van der Waals surface area contributed by atoms with E-state index in [9.17, 15) is 14.0 Å². The van der Waals surface area contributed by atoms with Crippen molar-refractivity contribution in [1.29, 1.82) is 0 Å². The summed E-state index contributed by atoms with van der Waals surface area (Å²) in [6.45, 7) is 9.35. The number of carbonyl (C=O) groups excluding carboxylic acids is 2. The number of carbonyl (C=O) groups is 2. The Morgan fingerprint density at radius 1 is 1.09 bits per heavy atom. The number of rotatable bonds is 4. The zero-order chi connectivity index (χ0) is 23.6. The van der Waals surface area contributed by atoms with Crippen molar-refractivity contribution < 1.29 is 18.7 Å². The van der Waals surface area contributed by atoms with Gasteiger partial charge in [-0.1, -0.05) is 18.6 Å². The van der Waals surface area contributed by atoms with Crippen molar-refractivity contribution in [2.24, 2.45) is 5.92 Å². The Hall–Kier alpha value is -2.15. The first-order valence-electron chi connectivity index (χ1n) is 12.5. The second-order valence-electron chi connectivity index (χ2n) is 10.9. The highest BCUT2D eigenvalue weighted by atomic mass is 19.1. The Morgan fingerprint density at radius 3 is 2.55 bits per heavy atom. The molecular formula is C26H38FN3O3. The Balaban J connectivity index is 1.46. The molecule has 2 atom stereocenters. The van der Waals surface area contributed by atoms with E-state index in [-0.39, 0.29) is 17.6 Å². The molecule has 2 aliphatic heterocycles. The van der Waals surface area contributed by atoms with Crippen LogP contribution in [0.3, 0.4) is 0 Å². The van der Waals surface area contributed by atoms with Crippen LogP contribution in [-0.4, -0.2) is 77.1 Å². The summed E-state index contributed by atoms with van der Waals surface area (Å²) in [6.07, 6.45) is 5.59. The molecule has 0 spiro atoms. The van der Waals surface area contributed by atoms with Gasteiger partial charge >= 0.3 is 6.09 Å². The lowest BCUT2D eigenvalue weighted by molar-refractivity contribution is -0.135. The van der Waals surface area contributed by atoms with E-state index in [0.717, 1.165) is 31.6 Å². The first-order chi connectivity index (χ1) is 15.7. The molecule has 33 heavy (non-hydrogen) atoms. The smallest absolute Gasteiger partial charge is 0.410 e. The van der Waals surface area contributed by atoms with Gasteiger partial charge in [0.15, 0.2) is 0 Å². The Bertz CT molecular complexity index is 851. The van der Waals surface area contributed by atoms with E-state index in [1.807, 2.05) is 31.7 Å². The van der Waals surface area contributed by atoms with E-state index >= 15 is 0 Å². The van der Waals surface area contributed by atoms with Crippen molar-refractivity contribution in [3.8, 4) is 0 Å². The van der Waals surface area contributed by atoms with E-state index in [2.05, 4.69) is 4.90 Å². The number of amides is 2. The van der Waals surface area contributed by atoms with E-state index in [0.29, 0.717) is 32.0 Å². The van der Waals surface area contributed by atoms with Crippen LogP contribution in [0, 0.1) is 11.7 Å². The van der Waals surface area contributed by atoms with Gasteiger partial charge in [0, 0.05) is 38.8 Å². The van der Waals surface area contributed by atoms with Crippen LogP contribution in [0.15, 0.2) is 24.3 Å². The molecule has 3 fully saturated rings. The fourth-order valence-corrected chi connectivity index (χ4v) is 5.31. The monoisotopic (exact) mass is 459 g/mol. The number of likely N-dealkylation sites (tertiary alicyclic amines) is 1. The quantitative estimate of drug-likeness (QED) is 0.681. The van der Waals surface area contributed by atoms with Gasteiger partial charge in [-0.3, -0.25) is 14.6 Å². The molecule has 2 unspecified atom stereocenters. The van der Waals surface area contributed by atoms with Crippen LogP contribution in [0.1, 0.15) is 58.4 Å². The van der Waals surface area contributed by atoms with Gasteiger partial charge in [0.2, 0.25) is 5.91 Å². The van der Waals surface area contributed by atoms with E-state index < -0.39 is 17.7 Å². The summed E-state index contributed by atoms with van der Waals surface area (Å²) in [5.74, 6) is -0.146. The van der Waals surface area contributed by atoms with Gasteiger partial charge in [-0.15, -0.1) is 0 Å². The maximum Gasteiger partial charge on any atom is 0.410 e. The molecule has 1 aromatic rings. The number of nitrogens with zero attached hydrogens (tertiary/aromatic N) is 3. The van der Waals surface area contributed by atoms with Crippen molar-refractivity contribution in [3.05, 3.63) is 35.6 Å². The Kier molecular flexibility index (Phi) is 7.27. The Labute approximate surface area is 197 Å². The molecule has 2 heterocycles. The largest absolute Gasteiger partial charge is 0.444 e. The maximum atomic E-state index is 13.7. The zero-order valence-corrected chi connectivity index (χ0v) is 20.3. The second kappa shape index (κ2) is 10.00. The fourth-order valence-electron chi connectivity index (χ4n) is 5.31. The topological polar surface area (TPSA) is 53.1 Å². The molecule has 1 saturated carbocycles. The molecule has 6 nitrogen and oxygen atoms in total. The molecule has 4 rings (SSSR count). The molecule has 3 aliphatic rings. The molecule has 2 amide bonds. The number of halogens is 1. The predicted octanol–water partition coefficient (Wildman–Crippen LogP) is 4.08. The van der Waals surface area contributed by atoms with Crippen molar-refractivity contribution in [1.82, 2.24) is 14.7 Å². The van der Waals surface area contributed by atoms with E-state index in [1.165, 1.54) is 31.4 Å². The number of benzene rings is 1. The van der Waals surface area contributed by atoms with Crippen molar-refractivity contribution >= 4 is 12.0 Å². The minimum atomic E-state index is -0.628. The summed E-state index contributed by atoms with van der Waals surface area (Å²) in [5.41, 5.74) is 0.264. The molecule has 7 heteroatoms. The van der Waals surface area contributed by atoms with Crippen LogP contribution in [-0.2, 0) is 16.0 Å². The third-order valence-electron chi connectivity index (χ3n) is 7.15. The molecule has 182 valence electrons. The lowest BCUT2D eigenvalue weighted by Gasteiger charge is -2.37. The summed E-state index contributed by atoms with van der Waals surface area (Å²) in [5, 5.41) is 0. The summed E-state index contributed by atoms with van der Waals surface area (Å²) < 4.78 is 19.3. The van der Waals surface area contributed by atoms with Crippen LogP contribution in [0.4, 0.5) is 9.18 Å². The lowest BCUT2D eigenvalue weighted by atomic mass is 9.91. The first-order valence-corrected chi connectivity index (χ1v) is 12.5. The minimum absolute atomic E-state index is 0.0260. The van der Waals surface area contributed by atoms with Gasteiger partial charge in [0.05, 0.1) is 0 Å². The average molecular weight is 460 g/mol. The van der Waals surface area contributed by atoms with Crippen LogP contribution in [0.5, 0.6) is 0 Å². The van der Waals surface area contributed by atoms with Crippen LogP contribution in [0.2, 0.25) is 0 Å². The second-order valence-corrected chi connectivity index (χ2v) is 10.9. The molecule has 2 saturated heterocycles. The van der Waals surface area contributed by atoms with Crippen LogP contribution >= 0.6 is 0 Å². The van der Waals surface area contributed by atoms with Crippen LogP contribution < -0.4 is 0 Å². The average Bonchev–Trinajstić information content (AvgIpc) is 2.96. The van der Waals surface area contributed by atoms with Gasteiger partial charge < -0.3 is 9.64 Å². The summed E-state index contributed by atoms with van der Waals surface area (Å²) >= 11 is 0. The van der Waals surface area contributed by atoms with Gasteiger partial charge in [-0.2, -0.15) is 0 Å². The SMILES string of the molecule is CC(C)(C)OC(=O)N1CC(Cc2cccc(F)c2)CC1C(=O)N1CCCN(C2CCC2)CC1. The third kappa shape index (κ3) is 6.05. The Morgan fingerprint density at radius 2 is 1.88 bits per heavy atom. The summed E-state index contributed by atoms with van der Waals surface area (Å²) in [6, 6.07) is 6.74. The summed E-state index contributed by atoms with van der Waals surface area (Å²) in [4.78, 5) is 32.8. The molecular weight excluding hydrogens is 421 g/mol. The number of hydrogen-bond donors (Lipinski definition) is 0. The lowest BCUT2D eigenvalue weighted by Crippen LogP contribution is -2.50. The fraction of sp³-hybridized carbons (Fsp3) is 0.692. The molecule has 0 aromatic heterocycles. The number of ether oxygens (including phenoxy) is 1. The molecule has 1 aromatic carbocycles. The normalized spacial score (nSPS) is 25.0. The zero-order valence-electron chi connectivity index (χ0n) is 20.3. The third-order valence-corrected chi connectivity index (χ3v) is 7.15. The van der Waals surface area contributed by atoms with Crippen LogP contribution in [0.25, 0.3) is 0 Å².